The molecule has 0 aromatic heterocycles. The molecule has 3 amide bonds. The van der Waals surface area contributed by atoms with E-state index in [1.807, 2.05) is 29.2 Å². The highest BCUT2D eigenvalue weighted by atomic mass is 16.5. The molecule has 4 aliphatic carbocycles. The van der Waals surface area contributed by atoms with E-state index < -0.39 is 0 Å². The van der Waals surface area contributed by atoms with Crippen molar-refractivity contribution >= 4 is 17.7 Å². The molecule has 1 aliphatic heterocycles. The molecule has 5 aliphatic rings. The maximum atomic E-state index is 12.7. The first kappa shape index (κ1) is 23.2. The fraction of sp³-hybridized carbons (Fsp3) is 0.667. The van der Waals surface area contributed by atoms with E-state index in [-0.39, 0.29) is 29.7 Å². The summed E-state index contributed by atoms with van der Waals surface area (Å²) in [6.07, 6.45) is 8.61. The van der Waals surface area contributed by atoms with Gasteiger partial charge in [0, 0.05) is 32.6 Å². The highest BCUT2D eigenvalue weighted by Crippen LogP contribution is 2.61. The number of rotatable bonds is 7. The van der Waals surface area contributed by atoms with Gasteiger partial charge in [0.1, 0.15) is 5.75 Å². The lowest BCUT2D eigenvalue weighted by molar-refractivity contribution is -0.140. The largest absolute Gasteiger partial charge is 0.497 e. The minimum Gasteiger partial charge on any atom is -0.497 e. The van der Waals surface area contributed by atoms with E-state index in [1.54, 1.807) is 12.0 Å². The quantitative estimate of drug-likeness (QED) is 0.669. The van der Waals surface area contributed by atoms with Crippen LogP contribution in [0.5, 0.6) is 5.75 Å². The van der Waals surface area contributed by atoms with Gasteiger partial charge in [-0.1, -0.05) is 12.1 Å². The van der Waals surface area contributed by atoms with Gasteiger partial charge in [0.25, 0.3) is 0 Å². The zero-order chi connectivity index (χ0) is 23.7. The summed E-state index contributed by atoms with van der Waals surface area (Å²) in [5.41, 5.74) is 1.11. The van der Waals surface area contributed by atoms with E-state index in [1.165, 1.54) is 38.5 Å². The normalized spacial score (nSPS) is 29.7. The zero-order valence-electron chi connectivity index (χ0n) is 20.3. The Kier molecular flexibility index (Phi) is 6.54. The summed E-state index contributed by atoms with van der Waals surface area (Å²) in [5, 5.41) is 2.91. The first-order valence-electron chi connectivity index (χ1n) is 12.9. The van der Waals surface area contributed by atoms with Crippen molar-refractivity contribution in [2.75, 3.05) is 39.8 Å². The van der Waals surface area contributed by atoms with Gasteiger partial charge in [-0.3, -0.25) is 14.4 Å². The Balaban J connectivity index is 1.04. The molecule has 7 heteroatoms. The standard InChI is InChI=1S/C27H37N3O4/c1-34-23-4-2-3-19(12-23)13-25(32)29-5-7-30(8-6-29)26(33)18-28-24(31)17-27-14-20-9-21(15-27)11-22(10-20)16-27/h2-4,12,20-22H,5-11,13-18H2,1H3,(H,28,31). The topological polar surface area (TPSA) is 79.0 Å². The maximum absolute atomic E-state index is 12.7. The first-order chi connectivity index (χ1) is 16.4. The summed E-state index contributed by atoms with van der Waals surface area (Å²) in [4.78, 5) is 41.7. The molecule has 1 aromatic carbocycles. The second kappa shape index (κ2) is 9.59. The molecule has 0 atom stereocenters. The Morgan fingerprint density at radius 3 is 2.12 bits per heavy atom. The van der Waals surface area contributed by atoms with Crippen molar-refractivity contribution in [3.05, 3.63) is 29.8 Å². The second-order valence-corrected chi connectivity index (χ2v) is 11.2. The van der Waals surface area contributed by atoms with Gasteiger partial charge in [-0.25, -0.2) is 0 Å². The van der Waals surface area contributed by atoms with E-state index in [0.717, 1.165) is 29.1 Å². The third kappa shape index (κ3) is 5.08. The summed E-state index contributed by atoms with van der Waals surface area (Å²) in [7, 11) is 1.61. The molecule has 1 saturated heterocycles. The lowest BCUT2D eigenvalue weighted by Crippen LogP contribution is -2.53. The SMILES string of the molecule is COc1cccc(CC(=O)N2CCN(C(=O)CNC(=O)CC34CC5CC(CC(C5)C3)C4)CC2)c1. The van der Waals surface area contributed by atoms with Crippen LogP contribution in [-0.2, 0) is 20.8 Å². The van der Waals surface area contributed by atoms with Crippen LogP contribution in [0, 0.1) is 23.2 Å². The molecular formula is C27H37N3O4. The molecule has 4 saturated carbocycles. The number of ether oxygens (including phenoxy) is 1. The highest BCUT2D eigenvalue weighted by molar-refractivity contribution is 5.85. The van der Waals surface area contributed by atoms with E-state index in [2.05, 4.69) is 5.32 Å². The fourth-order valence-corrected chi connectivity index (χ4v) is 7.47. The third-order valence-corrected chi connectivity index (χ3v) is 8.61. The van der Waals surface area contributed by atoms with E-state index >= 15 is 0 Å². The molecule has 7 nitrogen and oxygen atoms in total. The number of benzene rings is 1. The molecule has 1 aromatic rings. The van der Waals surface area contributed by atoms with Crippen LogP contribution in [0.4, 0.5) is 0 Å². The molecule has 0 unspecified atom stereocenters. The van der Waals surface area contributed by atoms with Crippen LogP contribution in [-0.4, -0.2) is 67.4 Å². The van der Waals surface area contributed by atoms with Crippen LogP contribution in [0.25, 0.3) is 0 Å². The Morgan fingerprint density at radius 1 is 0.941 bits per heavy atom. The summed E-state index contributed by atoms with van der Waals surface area (Å²) >= 11 is 0. The van der Waals surface area contributed by atoms with Crippen molar-refractivity contribution in [2.45, 2.75) is 51.4 Å². The molecular weight excluding hydrogens is 430 g/mol. The molecule has 5 fully saturated rings. The summed E-state index contributed by atoms with van der Waals surface area (Å²) in [6.45, 7) is 2.12. The lowest BCUT2D eigenvalue weighted by atomic mass is 9.49. The minimum atomic E-state index is -0.0567. The van der Waals surface area contributed by atoms with E-state index in [4.69, 9.17) is 4.74 Å². The summed E-state index contributed by atoms with van der Waals surface area (Å²) < 4.78 is 5.23. The number of hydrogen-bond donors (Lipinski definition) is 1. The second-order valence-electron chi connectivity index (χ2n) is 11.2. The van der Waals surface area contributed by atoms with Crippen LogP contribution in [0.1, 0.15) is 50.5 Å². The van der Waals surface area contributed by atoms with Crippen molar-refractivity contribution in [1.29, 1.82) is 0 Å². The minimum absolute atomic E-state index is 0.0300. The third-order valence-electron chi connectivity index (χ3n) is 8.61. The van der Waals surface area contributed by atoms with Crippen molar-refractivity contribution in [1.82, 2.24) is 15.1 Å². The number of methoxy groups -OCH3 is 1. The predicted molar refractivity (Wildman–Crippen MR) is 128 cm³/mol. The lowest BCUT2D eigenvalue weighted by Gasteiger charge is -2.56. The molecule has 0 radical (unpaired) electrons. The maximum Gasteiger partial charge on any atom is 0.242 e. The molecule has 184 valence electrons. The van der Waals surface area contributed by atoms with Crippen molar-refractivity contribution < 1.29 is 19.1 Å². The Morgan fingerprint density at radius 2 is 1.53 bits per heavy atom. The Hall–Kier alpha value is -2.57. The van der Waals surface area contributed by atoms with Gasteiger partial charge in [0.15, 0.2) is 0 Å². The number of carbonyl (C=O) groups excluding carboxylic acids is 3. The average molecular weight is 468 g/mol. The summed E-state index contributed by atoms with van der Waals surface area (Å²) in [6, 6.07) is 7.55. The van der Waals surface area contributed by atoms with Crippen molar-refractivity contribution in [2.24, 2.45) is 23.2 Å². The number of nitrogens with zero attached hydrogens (tertiary/aromatic N) is 2. The molecule has 34 heavy (non-hydrogen) atoms. The van der Waals surface area contributed by atoms with Gasteiger partial charge in [-0.15, -0.1) is 0 Å². The first-order valence-corrected chi connectivity index (χ1v) is 12.9. The van der Waals surface area contributed by atoms with Gasteiger partial charge in [-0.2, -0.15) is 0 Å². The number of carbonyl (C=O) groups is 3. The molecule has 6 rings (SSSR count). The van der Waals surface area contributed by atoms with E-state index in [9.17, 15) is 14.4 Å². The van der Waals surface area contributed by atoms with Crippen LogP contribution in [0.3, 0.4) is 0 Å². The molecule has 4 bridgehead atoms. The van der Waals surface area contributed by atoms with E-state index in [0.29, 0.717) is 39.0 Å². The number of piperazine rings is 1. The number of amides is 3. The molecule has 1 N–H and O–H groups in total. The average Bonchev–Trinajstić information content (AvgIpc) is 2.81. The number of nitrogens with one attached hydrogen (secondary N) is 1. The van der Waals surface area contributed by atoms with Crippen molar-refractivity contribution in [3.63, 3.8) is 0 Å². The molecule has 0 spiro atoms. The predicted octanol–water partition coefficient (Wildman–Crippen LogP) is 2.63. The van der Waals surface area contributed by atoms with Crippen LogP contribution in [0.15, 0.2) is 24.3 Å². The van der Waals surface area contributed by atoms with Gasteiger partial charge in [-0.05, 0) is 79.4 Å². The smallest absolute Gasteiger partial charge is 0.242 e. The van der Waals surface area contributed by atoms with Crippen LogP contribution < -0.4 is 10.1 Å². The van der Waals surface area contributed by atoms with Crippen LogP contribution >= 0.6 is 0 Å². The number of hydrogen-bond acceptors (Lipinski definition) is 4. The van der Waals surface area contributed by atoms with Crippen molar-refractivity contribution in [3.8, 4) is 5.75 Å². The summed E-state index contributed by atoms with van der Waals surface area (Å²) in [5.74, 6) is 3.24. The van der Waals surface area contributed by atoms with Gasteiger partial charge < -0.3 is 19.9 Å². The Labute approximate surface area is 202 Å². The van der Waals surface area contributed by atoms with Gasteiger partial charge >= 0.3 is 0 Å². The van der Waals surface area contributed by atoms with Crippen LogP contribution in [0.2, 0.25) is 0 Å². The van der Waals surface area contributed by atoms with Gasteiger partial charge in [0.2, 0.25) is 17.7 Å². The Bertz CT molecular complexity index is 902. The van der Waals surface area contributed by atoms with Gasteiger partial charge in [0.05, 0.1) is 20.1 Å². The monoisotopic (exact) mass is 467 g/mol. The molecule has 1 heterocycles. The fourth-order valence-electron chi connectivity index (χ4n) is 7.47. The zero-order valence-corrected chi connectivity index (χ0v) is 20.3. The highest BCUT2D eigenvalue weighted by Gasteiger charge is 2.51.